The Morgan fingerprint density at radius 2 is 1.86 bits per heavy atom. The number of benzene rings is 2. The molecule has 0 unspecified atom stereocenters. The molecule has 0 heterocycles. The maximum Gasteiger partial charge on any atom is 0.242 e. The van der Waals surface area contributed by atoms with E-state index in [1.54, 1.807) is 43.1 Å². The Hall–Kier alpha value is -1.98. The van der Waals surface area contributed by atoms with Crippen LogP contribution < -0.4 is 15.8 Å². The van der Waals surface area contributed by atoms with Gasteiger partial charge in [0.2, 0.25) is 5.91 Å². The highest BCUT2D eigenvalue weighted by molar-refractivity contribution is 7.98. The first-order valence-corrected chi connectivity index (χ1v) is 8.16. The summed E-state index contributed by atoms with van der Waals surface area (Å²) >= 11 is 1.65. The van der Waals surface area contributed by atoms with Crippen LogP contribution in [0.25, 0.3) is 0 Å². The van der Waals surface area contributed by atoms with Gasteiger partial charge in [-0.2, -0.15) is 11.8 Å². The maximum absolute atomic E-state index is 12.0. The van der Waals surface area contributed by atoms with Crippen molar-refractivity contribution >= 4 is 23.4 Å². The highest BCUT2D eigenvalue weighted by Crippen LogP contribution is 2.16. The Labute approximate surface area is 135 Å². The van der Waals surface area contributed by atoms with E-state index in [1.807, 2.05) is 18.2 Å². The first kappa shape index (κ1) is 16.4. The predicted molar refractivity (Wildman–Crippen MR) is 92.2 cm³/mol. The van der Waals surface area contributed by atoms with Crippen molar-refractivity contribution in [2.75, 3.05) is 18.2 Å². The normalized spacial score (nSPS) is 11.7. The van der Waals surface area contributed by atoms with Crippen molar-refractivity contribution in [2.24, 2.45) is 5.73 Å². The Morgan fingerprint density at radius 3 is 2.50 bits per heavy atom. The summed E-state index contributed by atoms with van der Waals surface area (Å²) in [6, 6.07) is 16.8. The van der Waals surface area contributed by atoms with Gasteiger partial charge in [0.15, 0.2) is 0 Å². The largest absolute Gasteiger partial charge is 0.497 e. The quantitative estimate of drug-likeness (QED) is 0.824. The monoisotopic (exact) mass is 316 g/mol. The molecule has 0 aliphatic heterocycles. The van der Waals surface area contributed by atoms with Gasteiger partial charge in [0.25, 0.3) is 0 Å². The average Bonchev–Trinajstić information content (AvgIpc) is 2.56. The molecule has 0 fully saturated rings. The molecule has 0 radical (unpaired) electrons. The van der Waals surface area contributed by atoms with E-state index in [9.17, 15) is 4.79 Å². The van der Waals surface area contributed by atoms with Gasteiger partial charge in [0.05, 0.1) is 13.2 Å². The molecule has 2 aromatic carbocycles. The van der Waals surface area contributed by atoms with Gasteiger partial charge >= 0.3 is 0 Å². The van der Waals surface area contributed by atoms with E-state index in [0.717, 1.165) is 11.5 Å². The minimum absolute atomic E-state index is 0.175. The summed E-state index contributed by atoms with van der Waals surface area (Å²) in [4.78, 5) is 12.0. The zero-order valence-corrected chi connectivity index (χ0v) is 13.3. The molecular formula is C17H20N2O2S. The third-order valence-electron chi connectivity index (χ3n) is 3.10. The zero-order chi connectivity index (χ0) is 15.8. The molecule has 1 atom stereocenters. The minimum Gasteiger partial charge on any atom is -0.497 e. The fraction of sp³-hybridized carbons (Fsp3) is 0.235. The van der Waals surface area contributed by atoms with Crippen LogP contribution in [0.15, 0.2) is 54.6 Å². The maximum atomic E-state index is 12.0. The Bertz CT molecular complexity index is 587. The highest BCUT2D eigenvalue weighted by Gasteiger charge is 2.13. The summed E-state index contributed by atoms with van der Waals surface area (Å²) in [6.07, 6.45) is 0. The second kappa shape index (κ2) is 8.46. The number of hydrogen-bond donors (Lipinski definition) is 2. The van der Waals surface area contributed by atoms with Gasteiger partial charge in [-0.3, -0.25) is 4.79 Å². The van der Waals surface area contributed by atoms with Crippen molar-refractivity contribution < 1.29 is 9.53 Å². The van der Waals surface area contributed by atoms with Crippen molar-refractivity contribution in [2.45, 2.75) is 11.8 Å². The van der Waals surface area contributed by atoms with E-state index < -0.39 is 6.04 Å². The van der Waals surface area contributed by atoms with Crippen LogP contribution in [0.1, 0.15) is 5.56 Å². The minimum atomic E-state index is -0.532. The van der Waals surface area contributed by atoms with Crippen molar-refractivity contribution in [3.05, 3.63) is 60.2 Å². The third-order valence-corrected chi connectivity index (χ3v) is 4.24. The molecule has 0 bridgehead atoms. The second-order valence-electron chi connectivity index (χ2n) is 4.82. The lowest BCUT2D eigenvalue weighted by Crippen LogP contribution is -2.37. The molecule has 0 spiro atoms. The topological polar surface area (TPSA) is 64.3 Å². The fourth-order valence-corrected chi connectivity index (χ4v) is 2.81. The number of amides is 1. The summed E-state index contributed by atoms with van der Waals surface area (Å²) < 4.78 is 5.08. The van der Waals surface area contributed by atoms with Crippen molar-refractivity contribution in [1.29, 1.82) is 0 Å². The smallest absolute Gasteiger partial charge is 0.242 e. The molecule has 0 saturated carbocycles. The van der Waals surface area contributed by atoms with E-state index in [1.165, 1.54) is 5.56 Å². The molecule has 5 heteroatoms. The van der Waals surface area contributed by atoms with Gasteiger partial charge in [-0.25, -0.2) is 0 Å². The van der Waals surface area contributed by atoms with Crippen LogP contribution in [0.5, 0.6) is 5.75 Å². The number of anilines is 1. The Kier molecular flexibility index (Phi) is 6.30. The second-order valence-corrected chi connectivity index (χ2v) is 5.86. The lowest BCUT2D eigenvalue weighted by molar-refractivity contribution is -0.116. The van der Waals surface area contributed by atoms with E-state index >= 15 is 0 Å². The van der Waals surface area contributed by atoms with Crippen molar-refractivity contribution in [1.82, 2.24) is 0 Å². The van der Waals surface area contributed by atoms with E-state index in [0.29, 0.717) is 11.4 Å². The summed E-state index contributed by atoms with van der Waals surface area (Å²) in [5.41, 5.74) is 7.88. The zero-order valence-electron chi connectivity index (χ0n) is 12.5. The van der Waals surface area contributed by atoms with Crippen LogP contribution in [0.4, 0.5) is 5.69 Å². The van der Waals surface area contributed by atoms with Crippen LogP contribution in [-0.4, -0.2) is 24.8 Å². The average molecular weight is 316 g/mol. The summed E-state index contributed by atoms with van der Waals surface area (Å²) in [5.74, 6) is 2.01. The van der Waals surface area contributed by atoms with Crippen LogP contribution in [0.2, 0.25) is 0 Å². The Balaban J connectivity index is 1.76. The van der Waals surface area contributed by atoms with Gasteiger partial charge in [-0.1, -0.05) is 30.3 Å². The number of ether oxygens (including phenoxy) is 1. The molecule has 4 nitrogen and oxygen atoms in total. The van der Waals surface area contributed by atoms with Crippen LogP contribution in [-0.2, 0) is 10.5 Å². The molecular weight excluding hydrogens is 296 g/mol. The summed E-state index contributed by atoms with van der Waals surface area (Å²) in [7, 11) is 1.60. The van der Waals surface area contributed by atoms with Crippen LogP contribution in [0, 0.1) is 0 Å². The van der Waals surface area contributed by atoms with E-state index in [4.69, 9.17) is 10.5 Å². The molecule has 0 aromatic heterocycles. The molecule has 116 valence electrons. The number of nitrogens with one attached hydrogen (secondary N) is 1. The lowest BCUT2D eigenvalue weighted by Gasteiger charge is -2.12. The summed E-state index contributed by atoms with van der Waals surface area (Å²) in [6.45, 7) is 0. The molecule has 22 heavy (non-hydrogen) atoms. The molecule has 2 aromatic rings. The predicted octanol–water partition coefficient (Wildman–Crippen LogP) is 2.89. The molecule has 0 saturated heterocycles. The van der Waals surface area contributed by atoms with Crippen LogP contribution in [0.3, 0.4) is 0 Å². The van der Waals surface area contributed by atoms with Gasteiger partial charge in [0.1, 0.15) is 5.75 Å². The number of rotatable bonds is 7. The number of methoxy groups -OCH3 is 1. The molecule has 2 rings (SSSR count). The van der Waals surface area contributed by atoms with E-state index in [-0.39, 0.29) is 5.91 Å². The molecule has 0 aliphatic rings. The number of thioether (sulfide) groups is 1. The molecule has 3 N–H and O–H groups in total. The molecule has 0 aliphatic carbocycles. The first-order chi connectivity index (χ1) is 10.7. The number of carbonyl (C=O) groups excluding carboxylic acids is 1. The van der Waals surface area contributed by atoms with Gasteiger partial charge < -0.3 is 15.8 Å². The lowest BCUT2D eigenvalue weighted by atomic mass is 10.2. The van der Waals surface area contributed by atoms with E-state index in [2.05, 4.69) is 17.4 Å². The van der Waals surface area contributed by atoms with Crippen molar-refractivity contribution in [3.63, 3.8) is 0 Å². The van der Waals surface area contributed by atoms with Gasteiger partial charge in [-0.05, 0) is 29.8 Å². The van der Waals surface area contributed by atoms with Gasteiger partial charge in [0, 0.05) is 17.2 Å². The number of carbonyl (C=O) groups is 1. The highest BCUT2D eigenvalue weighted by atomic mass is 32.2. The van der Waals surface area contributed by atoms with Gasteiger partial charge in [-0.15, -0.1) is 0 Å². The SMILES string of the molecule is COc1ccc(NC(=O)[C@@H](N)CSCc2ccccc2)cc1. The Morgan fingerprint density at radius 1 is 1.18 bits per heavy atom. The summed E-state index contributed by atoms with van der Waals surface area (Å²) in [5, 5.41) is 2.81. The number of nitrogens with two attached hydrogens (primary N) is 1. The van der Waals surface area contributed by atoms with Crippen LogP contribution >= 0.6 is 11.8 Å². The third kappa shape index (κ3) is 5.09. The fourth-order valence-electron chi connectivity index (χ4n) is 1.86. The standard InChI is InChI=1S/C17H20N2O2S/c1-21-15-9-7-14(8-10-15)19-17(20)16(18)12-22-11-13-5-3-2-4-6-13/h2-10,16H,11-12,18H2,1H3,(H,19,20)/t16-/m0/s1. The number of hydrogen-bond acceptors (Lipinski definition) is 4. The first-order valence-electron chi connectivity index (χ1n) is 7.01. The molecule has 1 amide bonds. The van der Waals surface area contributed by atoms with Crippen molar-refractivity contribution in [3.8, 4) is 5.75 Å².